The largest absolute Gasteiger partial charge is 0.392 e. The van der Waals surface area contributed by atoms with Crippen molar-refractivity contribution < 1.29 is 38.9 Å². The molecule has 2 aromatic carbocycles. The highest BCUT2D eigenvalue weighted by Gasteiger charge is 2.41. The van der Waals surface area contributed by atoms with Gasteiger partial charge in [0, 0.05) is 63.0 Å². The van der Waals surface area contributed by atoms with E-state index in [-0.39, 0.29) is 37.6 Å². The number of piperidine rings is 1. The number of carbonyl (C=O) groups excluding carboxylic acids is 2. The number of amides is 2. The summed E-state index contributed by atoms with van der Waals surface area (Å²) < 4.78 is 24.7. The van der Waals surface area contributed by atoms with Gasteiger partial charge in [-0.25, -0.2) is 5.48 Å². The van der Waals surface area contributed by atoms with E-state index in [9.17, 15) is 14.7 Å². The molecule has 2 aromatic rings. The Hall–Kier alpha value is -2.90. The van der Waals surface area contributed by atoms with E-state index in [4.69, 9.17) is 24.2 Å². The molecule has 3 saturated heterocycles. The molecule has 3 aliphatic heterocycles. The van der Waals surface area contributed by atoms with Gasteiger partial charge in [-0.15, -0.1) is 0 Å². The molecule has 4 N–H and O–H groups in total. The van der Waals surface area contributed by atoms with Crippen LogP contribution in [0.1, 0.15) is 67.6 Å². The topological polar surface area (TPSA) is 139 Å². The Morgan fingerprint density at radius 2 is 1.68 bits per heavy atom. The molecular weight excluding hydrogens is 530 g/mol. The first-order valence-corrected chi connectivity index (χ1v) is 14.3. The van der Waals surface area contributed by atoms with Crippen molar-refractivity contribution in [3.05, 3.63) is 65.2 Å². The summed E-state index contributed by atoms with van der Waals surface area (Å²) in [7, 11) is 0. The van der Waals surface area contributed by atoms with Gasteiger partial charge >= 0.3 is 0 Å². The van der Waals surface area contributed by atoms with Gasteiger partial charge in [-0.1, -0.05) is 36.4 Å². The number of hydrogen-bond acceptors (Lipinski definition) is 9. The number of carbonyl (C=O) groups is 2. The quantitative estimate of drug-likeness (QED) is 0.251. The van der Waals surface area contributed by atoms with Gasteiger partial charge in [0.25, 0.3) is 0 Å². The summed E-state index contributed by atoms with van der Waals surface area (Å²) in [6, 6.07) is 15.2. The lowest BCUT2D eigenvalue weighted by Gasteiger charge is -2.41. The minimum absolute atomic E-state index is 0.0167. The molecule has 1 spiro atoms. The third kappa shape index (κ3) is 7.89. The van der Waals surface area contributed by atoms with Crippen molar-refractivity contribution in [2.45, 2.75) is 69.4 Å². The minimum atomic E-state index is -0.640. The standard InChI is InChI=1S/C30H39N3O8/c34-20-21-7-9-22(10-8-21)26-18-25(19-33-13-11-30(12-14-33)38-15-16-39-30)40-29(41-26)23-3-1-4-24(17-23)31-27(35)5-2-6-28(36)32-37/h1,3-4,7-10,17,25-26,29,34,37H,2,5-6,11-16,18-20H2,(H,31,35)(H,32,36)/t25-,26+,29+/m0/s1. The lowest BCUT2D eigenvalue weighted by molar-refractivity contribution is -0.255. The second-order valence-corrected chi connectivity index (χ2v) is 10.8. The molecule has 0 aromatic heterocycles. The van der Waals surface area contributed by atoms with Crippen LogP contribution in [0.3, 0.4) is 0 Å². The Balaban J connectivity index is 1.26. The molecule has 3 heterocycles. The molecule has 0 bridgehead atoms. The SMILES string of the molecule is O=C(CCCC(=O)Nc1cccc([C@@H]2O[C@H](CN3CCC4(CC3)OCCO4)C[C@H](c3ccc(CO)cc3)O2)c1)NO. The summed E-state index contributed by atoms with van der Waals surface area (Å²) >= 11 is 0. The number of anilines is 1. The fourth-order valence-electron chi connectivity index (χ4n) is 5.63. The maximum absolute atomic E-state index is 12.4. The number of likely N-dealkylation sites (tertiary alicyclic amines) is 1. The lowest BCUT2D eigenvalue weighted by atomic mass is 9.98. The lowest BCUT2D eigenvalue weighted by Crippen LogP contribution is -2.48. The van der Waals surface area contributed by atoms with Gasteiger partial charge in [0.1, 0.15) is 0 Å². The van der Waals surface area contributed by atoms with Crippen LogP contribution in [0.5, 0.6) is 0 Å². The zero-order valence-electron chi connectivity index (χ0n) is 23.1. The van der Waals surface area contributed by atoms with Crippen LogP contribution in [0.2, 0.25) is 0 Å². The zero-order chi connectivity index (χ0) is 28.7. The third-order valence-corrected chi connectivity index (χ3v) is 7.88. The van der Waals surface area contributed by atoms with Gasteiger partial charge in [-0.05, 0) is 29.7 Å². The monoisotopic (exact) mass is 569 g/mol. The fourth-order valence-corrected chi connectivity index (χ4v) is 5.63. The van der Waals surface area contributed by atoms with Gasteiger partial charge in [0.2, 0.25) is 11.8 Å². The van der Waals surface area contributed by atoms with Crippen LogP contribution in [-0.2, 0) is 35.1 Å². The van der Waals surface area contributed by atoms with Crippen LogP contribution >= 0.6 is 0 Å². The van der Waals surface area contributed by atoms with E-state index < -0.39 is 18.0 Å². The highest BCUT2D eigenvalue weighted by atomic mass is 16.7. The van der Waals surface area contributed by atoms with Crippen LogP contribution in [0, 0.1) is 0 Å². The Labute approximate surface area is 239 Å². The minimum Gasteiger partial charge on any atom is -0.392 e. The van der Waals surface area contributed by atoms with Gasteiger partial charge in [0.15, 0.2) is 12.1 Å². The summed E-state index contributed by atoms with van der Waals surface area (Å²) in [6.45, 7) is 3.77. The van der Waals surface area contributed by atoms with E-state index in [2.05, 4.69) is 10.2 Å². The van der Waals surface area contributed by atoms with Crippen LogP contribution in [0.15, 0.2) is 48.5 Å². The summed E-state index contributed by atoms with van der Waals surface area (Å²) in [5.41, 5.74) is 4.82. The van der Waals surface area contributed by atoms with Crippen molar-refractivity contribution in [1.29, 1.82) is 0 Å². The highest BCUT2D eigenvalue weighted by molar-refractivity contribution is 5.91. The van der Waals surface area contributed by atoms with E-state index in [1.54, 1.807) is 11.5 Å². The van der Waals surface area contributed by atoms with Gasteiger partial charge in [0.05, 0.1) is 32.0 Å². The molecule has 0 unspecified atom stereocenters. The number of hydroxylamine groups is 1. The normalized spacial score (nSPS) is 24.3. The number of aliphatic hydroxyl groups is 1. The van der Waals surface area contributed by atoms with Crippen molar-refractivity contribution in [3.8, 4) is 0 Å². The molecule has 5 rings (SSSR count). The predicted octanol–water partition coefficient (Wildman–Crippen LogP) is 3.18. The summed E-state index contributed by atoms with van der Waals surface area (Å²) in [5.74, 6) is -1.18. The molecule has 0 saturated carbocycles. The number of aliphatic hydroxyl groups excluding tert-OH is 1. The first kappa shape index (κ1) is 29.6. The molecule has 11 heteroatoms. The number of ether oxygens (including phenoxy) is 4. The summed E-state index contributed by atoms with van der Waals surface area (Å²) in [6.07, 6.45) is 1.94. The molecule has 222 valence electrons. The van der Waals surface area contributed by atoms with E-state index in [1.807, 2.05) is 42.5 Å². The van der Waals surface area contributed by atoms with Crippen molar-refractivity contribution in [3.63, 3.8) is 0 Å². The maximum Gasteiger partial charge on any atom is 0.243 e. The Morgan fingerprint density at radius 3 is 2.39 bits per heavy atom. The molecule has 0 aliphatic carbocycles. The average Bonchev–Trinajstić information content (AvgIpc) is 3.46. The van der Waals surface area contributed by atoms with E-state index in [0.717, 1.165) is 49.2 Å². The molecule has 3 atom stereocenters. The first-order valence-electron chi connectivity index (χ1n) is 14.3. The molecule has 41 heavy (non-hydrogen) atoms. The number of rotatable bonds is 10. The number of hydrogen-bond donors (Lipinski definition) is 4. The number of nitrogens with zero attached hydrogens (tertiary/aromatic N) is 1. The van der Waals surface area contributed by atoms with Gasteiger partial charge in [-0.3, -0.25) is 14.8 Å². The number of benzene rings is 2. The predicted molar refractivity (Wildman–Crippen MR) is 148 cm³/mol. The van der Waals surface area contributed by atoms with Crippen molar-refractivity contribution in [2.75, 3.05) is 38.2 Å². The molecular formula is C30H39N3O8. The third-order valence-electron chi connectivity index (χ3n) is 7.88. The Bertz CT molecular complexity index is 1160. The second kappa shape index (κ2) is 13.8. The molecule has 11 nitrogen and oxygen atoms in total. The summed E-state index contributed by atoms with van der Waals surface area (Å²) in [5, 5.41) is 21.0. The Kier molecular flexibility index (Phi) is 9.99. The molecule has 0 radical (unpaired) electrons. The Morgan fingerprint density at radius 1 is 0.951 bits per heavy atom. The molecule has 3 fully saturated rings. The smallest absolute Gasteiger partial charge is 0.243 e. The first-order chi connectivity index (χ1) is 19.9. The maximum atomic E-state index is 12.4. The zero-order valence-corrected chi connectivity index (χ0v) is 23.1. The second-order valence-electron chi connectivity index (χ2n) is 10.8. The van der Waals surface area contributed by atoms with Gasteiger partial charge < -0.3 is 34.3 Å². The molecule has 2 amide bonds. The van der Waals surface area contributed by atoms with Crippen LogP contribution in [0.25, 0.3) is 0 Å². The van der Waals surface area contributed by atoms with E-state index in [0.29, 0.717) is 31.7 Å². The summed E-state index contributed by atoms with van der Waals surface area (Å²) in [4.78, 5) is 26.0. The van der Waals surface area contributed by atoms with Crippen molar-refractivity contribution >= 4 is 17.5 Å². The average molecular weight is 570 g/mol. The van der Waals surface area contributed by atoms with Crippen LogP contribution < -0.4 is 10.8 Å². The highest BCUT2D eigenvalue weighted by Crippen LogP contribution is 2.39. The number of nitrogens with one attached hydrogen (secondary N) is 2. The van der Waals surface area contributed by atoms with E-state index in [1.165, 1.54) is 0 Å². The van der Waals surface area contributed by atoms with Crippen LogP contribution in [-0.4, -0.2) is 71.8 Å². The van der Waals surface area contributed by atoms with Crippen molar-refractivity contribution in [2.24, 2.45) is 0 Å². The van der Waals surface area contributed by atoms with Crippen molar-refractivity contribution in [1.82, 2.24) is 10.4 Å². The fraction of sp³-hybridized carbons (Fsp3) is 0.533. The molecule has 3 aliphatic rings. The van der Waals surface area contributed by atoms with Gasteiger partial charge in [-0.2, -0.15) is 0 Å². The van der Waals surface area contributed by atoms with Crippen LogP contribution in [0.4, 0.5) is 5.69 Å². The van der Waals surface area contributed by atoms with E-state index >= 15 is 0 Å².